The molecule has 0 aliphatic rings. The molecule has 0 aliphatic heterocycles. The summed E-state index contributed by atoms with van der Waals surface area (Å²) in [7, 11) is 0. The highest BCUT2D eigenvalue weighted by molar-refractivity contribution is 6.13. The van der Waals surface area contributed by atoms with Crippen LogP contribution in [0.3, 0.4) is 0 Å². The topological polar surface area (TPSA) is 9.03 Å². The second-order valence-electron chi connectivity index (χ2n) is 9.77. The first kappa shape index (κ1) is 20.8. The number of aromatic nitrogens is 2. The predicted octanol–water partition coefficient (Wildman–Crippen LogP) is 7.83. The van der Waals surface area contributed by atoms with E-state index in [1.165, 1.54) is 60.7 Å². The summed E-state index contributed by atoms with van der Waals surface area (Å²) in [5.74, 6) is 0.440. The maximum Gasteiger partial charge on any atom is 0.254 e. The molecule has 0 atom stereocenters. The Morgan fingerprint density at radius 2 is 1.19 bits per heavy atom. The van der Waals surface area contributed by atoms with E-state index in [9.17, 15) is 0 Å². The number of benzene rings is 3. The normalized spacial score (nSPS) is 12.2. The van der Waals surface area contributed by atoms with Gasteiger partial charge in [-0.1, -0.05) is 66.9 Å². The summed E-state index contributed by atoms with van der Waals surface area (Å²) in [6.07, 6.45) is 0. The van der Waals surface area contributed by atoms with E-state index in [0.717, 1.165) is 0 Å². The summed E-state index contributed by atoms with van der Waals surface area (Å²) in [5, 5.41) is 3.98. The lowest BCUT2D eigenvalue weighted by molar-refractivity contribution is -0.586. The fourth-order valence-electron chi connectivity index (χ4n) is 5.65. The minimum absolute atomic E-state index is 0.338. The molecule has 5 aromatic rings. The van der Waals surface area contributed by atoms with Gasteiger partial charge in [-0.2, -0.15) is 0 Å². The van der Waals surface area contributed by atoms with E-state index < -0.39 is 0 Å². The number of rotatable bonds is 3. The fraction of sp³-hybridized carbons (Fsp3) is 0.300. The molecule has 2 nitrogen and oxygen atoms in total. The molecule has 0 radical (unpaired) electrons. The maximum absolute atomic E-state index is 2.54. The van der Waals surface area contributed by atoms with Crippen LogP contribution >= 0.6 is 0 Å². The van der Waals surface area contributed by atoms with Gasteiger partial charge >= 0.3 is 0 Å². The van der Waals surface area contributed by atoms with Gasteiger partial charge in [0.2, 0.25) is 5.52 Å². The van der Waals surface area contributed by atoms with Crippen molar-refractivity contribution in [3.63, 3.8) is 0 Å². The third kappa shape index (κ3) is 2.82. The van der Waals surface area contributed by atoms with Gasteiger partial charge in [0, 0.05) is 10.9 Å². The van der Waals surface area contributed by atoms with Gasteiger partial charge < -0.3 is 0 Å². The zero-order valence-corrected chi connectivity index (χ0v) is 20.3. The second-order valence-corrected chi connectivity index (χ2v) is 9.77. The molecule has 0 N–H and O–H groups in total. The van der Waals surface area contributed by atoms with Crippen LogP contribution in [0.4, 0.5) is 0 Å². The number of nitrogens with zero attached hydrogens (tertiary/aromatic N) is 2. The Hall–Kier alpha value is -3.13. The third-order valence-corrected chi connectivity index (χ3v) is 6.96. The third-order valence-electron chi connectivity index (χ3n) is 6.96. The van der Waals surface area contributed by atoms with Gasteiger partial charge in [-0.25, -0.2) is 0 Å². The van der Waals surface area contributed by atoms with Gasteiger partial charge in [0.1, 0.15) is 0 Å². The van der Waals surface area contributed by atoms with Crippen molar-refractivity contribution < 1.29 is 4.52 Å². The summed E-state index contributed by atoms with van der Waals surface area (Å²) in [4.78, 5) is 0. The van der Waals surface area contributed by atoms with Crippen LogP contribution in [0.5, 0.6) is 0 Å². The van der Waals surface area contributed by atoms with Gasteiger partial charge in [-0.3, -0.25) is 0 Å². The van der Waals surface area contributed by atoms with Gasteiger partial charge in [0.25, 0.3) is 5.52 Å². The molecule has 2 aromatic heterocycles. The molecule has 0 unspecified atom stereocenters. The highest BCUT2D eigenvalue weighted by atomic mass is 15.4. The SMILES string of the molecule is Cc1cccc(C)c1-c1c(C)n(C(C)C)[n+]2c3c(C(C)C)cccc3c3ccccc3c12. The molecular weight excluding hydrogens is 388 g/mol. The Kier molecular flexibility index (Phi) is 4.85. The number of hydrogen-bond donors (Lipinski definition) is 0. The molecule has 0 amide bonds. The standard InChI is InChI=1S/C30H33N2/c1-18(2)23-16-11-17-25-24-14-8-9-15-26(24)30-28(27-20(5)12-10-13-21(27)6)22(7)31(19(3)4)32(30)29(23)25/h8-19H,1-7H3/q+1. The summed E-state index contributed by atoms with van der Waals surface area (Å²) in [6, 6.07) is 22.8. The highest BCUT2D eigenvalue weighted by Crippen LogP contribution is 2.39. The van der Waals surface area contributed by atoms with Crippen molar-refractivity contribution >= 4 is 27.2 Å². The van der Waals surface area contributed by atoms with Crippen molar-refractivity contribution in [1.82, 2.24) is 4.68 Å². The van der Waals surface area contributed by atoms with Crippen LogP contribution in [-0.4, -0.2) is 4.68 Å². The molecule has 0 bridgehead atoms. The van der Waals surface area contributed by atoms with Crippen molar-refractivity contribution in [3.05, 3.63) is 83.0 Å². The fourth-order valence-corrected chi connectivity index (χ4v) is 5.65. The summed E-state index contributed by atoms with van der Waals surface area (Å²) in [5.41, 5.74) is 10.8. The van der Waals surface area contributed by atoms with Crippen molar-refractivity contribution in [1.29, 1.82) is 0 Å². The molecule has 3 aromatic carbocycles. The van der Waals surface area contributed by atoms with Gasteiger partial charge in [0.05, 0.1) is 28.1 Å². The van der Waals surface area contributed by atoms with Crippen molar-refractivity contribution in [3.8, 4) is 11.1 Å². The minimum atomic E-state index is 0.338. The molecular formula is C30H33N2+. The smallest absolute Gasteiger partial charge is 0.149 e. The first-order valence-corrected chi connectivity index (χ1v) is 11.8. The van der Waals surface area contributed by atoms with Crippen molar-refractivity contribution in [2.24, 2.45) is 0 Å². The molecule has 2 heteroatoms. The predicted molar refractivity (Wildman–Crippen MR) is 137 cm³/mol. The van der Waals surface area contributed by atoms with Gasteiger partial charge in [0.15, 0.2) is 0 Å². The van der Waals surface area contributed by atoms with Crippen molar-refractivity contribution in [2.75, 3.05) is 0 Å². The quantitative estimate of drug-likeness (QED) is 0.207. The number of fused-ring (bicyclic) bond motifs is 6. The summed E-state index contributed by atoms with van der Waals surface area (Å²) < 4.78 is 5.05. The van der Waals surface area contributed by atoms with Gasteiger partial charge in [-0.05, 0) is 69.4 Å². The molecule has 0 aliphatic carbocycles. The first-order valence-electron chi connectivity index (χ1n) is 11.8. The van der Waals surface area contributed by atoms with Crippen LogP contribution in [0.2, 0.25) is 0 Å². The Labute approximate surface area is 191 Å². The molecule has 32 heavy (non-hydrogen) atoms. The van der Waals surface area contributed by atoms with Crippen molar-refractivity contribution in [2.45, 2.75) is 60.4 Å². The molecule has 2 heterocycles. The summed E-state index contributed by atoms with van der Waals surface area (Å²) in [6.45, 7) is 16.0. The first-order chi connectivity index (χ1) is 15.3. The van der Waals surface area contributed by atoms with Crippen LogP contribution in [0.15, 0.2) is 60.7 Å². The lowest BCUT2D eigenvalue weighted by Gasteiger charge is -2.12. The molecule has 0 spiro atoms. The van der Waals surface area contributed by atoms with E-state index in [0.29, 0.717) is 12.0 Å². The molecule has 0 saturated carbocycles. The van der Waals surface area contributed by atoms with E-state index in [1.54, 1.807) is 0 Å². The molecule has 0 saturated heterocycles. The van der Waals surface area contributed by atoms with Crippen LogP contribution < -0.4 is 4.52 Å². The average molecular weight is 422 g/mol. The van der Waals surface area contributed by atoms with E-state index in [4.69, 9.17) is 0 Å². The number of aryl methyl sites for hydroxylation is 2. The van der Waals surface area contributed by atoms with Crippen LogP contribution in [0.25, 0.3) is 38.3 Å². The van der Waals surface area contributed by atoms with Gasteiger partial charge in [-0.15, -0.1) is 4.68 Å². The van der Waals surface area contributed by atoms with E-state index in [2.05, 4.69) is 118 Å². The Morgan fingerprint density at radius 3 is 1.81 bits per heavy atom. The lowest BCUT2D eigenvalue weighted by Crippen LogP contribution is -2.36. The monoisotopic (exact) mass is 421 g/mol. The molecule has 162 valence electrons. The second kappa shape index (κ2) is 7.48. The Morgan fingerprint density at radius 1 is 0.625 bits per heavy atom. The zero-order chi connectivity index (χ0) is 22.7. The van der Waals surface area contributed by atoms with Crippen LogP contribution in [0, 0.1) is 20.8 Å². The largest absolute Gasteiger partial charge is 0.254 e. The number of para-hydroxylation sites is 1. The van der Waals surface area contributed by atoms with E-state index in [-0.39, 0.29) is 0 Å². The maximum atomic E-state index is 2.54. The number of hydrogen-bond acceptors (Lipinski definition) is 0. The summed E-state index contributed by atoms with van der Waals surface area (Å²) >= 11 is 0. The zero-order valence-electron chi connectivity index (χ0n) is 20.3. The van der Waals surface area contributed by atoms with E-state index >= 15 is 0 Å². The Bertz CT molecular complexity index is 1480. The van der Waals surface area contributed by atoms with E-state index in [1.807, 2.05) is 0 Å². The highest BCUT2D eigenvalue weighted by Gasteiger charge is 2.32. The average Bonchev–Trinajstić information content (AvgIpc) is 3.06. The lowest BCUT2D eigenvalue weighted by atomic mass is 9.92. The minimum Gasteiger partial charge on any atom is -0.149 e. The molecule has 5 rings (SSSR count). The molecule has 0 fully saturated rings. The number of pyridine rings is 1. The van der Waals surface area contributed by atoms with Crippen LogP contribution in [-0.2, 0) is 0 Å². The van der Waals surface area contributed by atoms with Crippen LogP contribution in [0.1, 0.15) is 62.0 Å². The Balaban J connectivity index is 2.19.